The molecule has 0 heterocycles. The minimum atomic E-state index is -1.49. The Morgan fingerprint density at radius 2 is 1.64 bits per heavy atom. The van der Waals surface area contributed by atoms with E-state index in [4.69, 9.17) is 58.0 Å². The molecule has 0 saturated heterocycles. The maximum Gasteiger partial charge on any atom is 0.191 e. The van der Waals surface area contributed by atoms with Gasteiger partial charge in [0.1, 0.15) is 0 Å². The minimum Gasteiger partial charge on any atom is -0.298 e. The summed E-state index contributed by atoms with van der Waals surface area (Å²) in [5, 5.41) is 0. The highest BCUT2D eigenvalue weighted by molar-refractivity contribution is 6.67. The second-order valence-electron chi connectivity index (χ2n) is 3.54. The first-order chi connectivity index (χ1) is 6.08. The molecule has 0 saturated carbocycles. The molecular formula is C8H11Cl5O. The Hall–Kier alpha value is 1.12. The summed E-state index contributed by atoms with van der Waals surface area (Å²) in [6.45, 7) is 3.39. The molecular weight excluding hydrogens is 289 g/mol. The third kappa shape index (κ3) is 5.87. The third-order valence-corrected chi connectivity index (χ3v) is 2.77. The molecule has 6 heteroatoms. The maximum atomic E-state index is 11.4. The molecule has 0 spiro atoms. The summed E-state index contributed by atoms with van der Waals surface area (Å²) in [6.07, 6.45) is 0.0692. The summed E-state index contributed by atoms with van der Waals surface area (Å²) in [7, 11) is 0. The normalized spacial score (nSPS) is 15.4. The summed E-state index contributed by atoms with van der Waals surface area (Å²) < 4.78 is -1.49. The minimum absolute atomic E-state index is 0.0692. The molecule has 0 N–H and O–H groups in total. The van der Waals surface area contributed by atoms with Gasteiger partial charge < -0.3 is 0 Å². The number of carbonyl (C=O) groups is 1. The first-order valence-corrected chi connectivity index (χ1v) is 5.97. The van der Waals surface area contributed by atoms with Gasteiger partial charge in [0.25, 0.3) is 0 Å². The molecule has 1 nitrogen and oxygen atoms in total. The fourth-order valence-electron chi connectivity index (χ4n) is 1.06. The topological polar surface area (TPSA) is 17.1 Å². The monoisotopic (exact) mass is 298 g/mol. The largest absolute Gasteiger partial charge is 0.298 e. The van der Waals surface area contributed by atoms with Crippen molar-refractivity contribution in [1.29, 1.82) is 0 Å². The van der Waals surface area contributed by atoms with E-state index in [-0.39, 0.29) is 18.1 Å². The zero-order valence-corrected chi connectivity index (χ0v) is 11.6. The van der Waals surface area contributed by atoms with Gasteiger partial charge in [0, 0.05) is 17.2 Å². The number of carbonyl (C=O) groups excluding carboxylic acids is 1. The first kappa shape index (κ1) is 15.1. The SMILES string of the molecule is CC(C)(Cl)C(CC(Cl)(Cl)Cl)C(=O)CCl. The number of hydrogen-bond donors (Lipinski definition) is 0. The van der Waals surface area contributed by atoms with Crippen molar-refractivity contribution in [3.05, 3.63) is 0 Å². The molecule has 0 aromatic rings. The van der Waals surface area contributed by atoms with Crippen LogP contribution in [0.15, 0.2) is 0 Å². The summed E-state index contributed by atoms with van der Waals surface area (Å²) in [6, 6.07) is 0. The van der Waals surface area contributed by atoms with Crippen LogP contribution >= 0.6 is 58.0 Å². The number of rotatable bonds is 4. The van der Waals surface area contributed by atoms with Crippen molar-refractivity contribution in [2.24, 2.45) is 5.92 Å². The van der Waals surface area contributed by atoms with Crippen molar-refractivity contribution in [1.82, 2.24) is 0 Å². The highest BCUT2D eigenvalue weighted by Crippen LogP contribution is 2.39. The van der Waals surface area contributed by atoms with Crippen LogP contribution in [0.4, 0.5) is 0 Å². The average molecular weight is 300 g/mol. The third-order valence-electron chi connectivity index (χ3n) is 1.78. The smallest absolute Gasteiger partial charge is 0.191 e. The highest BCUT2D eigenvalue weighted by atomic mass is 35.6. The summed E-state index contributed by atoms with van der Waals surface area (Å²) in [5.41, 5.74) is 0. The predicted molar refractivity (Wildman–Crippen MR) is 64.1 cm³/mol. The zero-order chi connectivity index (χ0) is 11.6. The van der Waals surface area contributed by atoms with Gasteiger partial charge in [-0.05, 0) is 13.8 Å². The van der Waals surface area contributed by atoms with Crippen molar-refractivity contribution in [2.45, 2.75) is 28.9 Å². The lowest BCUT2D eigenvalue weighted by atomic mass is 9.89. The molecule has 1 atom stereocenters. The van der Waals surface area contributed by atoms with Gasteiger partial charge in [-0.25, -0.2) is 0 Å². The molecule has 84 valence electrons. The lowest BCUT2D eigenvalue weighted by molar-refractivity contribution is -0.121. The lowest BCUT2D eigenvalue weighted by Gasteiger charge is -2.29. The van der Waals surface area contributed by atoms with Gasteiger partial charge in [0.05, 0.1) is 5.88 Å². The van der Waals surface area contributed by atoms with E-state index in [1.165, 1.54) is 0 Å². The Morgan fingerprint density at radius 3 is 1.86 bits per heavy atom. The van der Waals surface area contributed by atoms with Crippen molar-refractivity contribution in [3.8, 4) is 0 Å². The molecule has 0 rings (SSSR count). The Balaban J connectivity index is 4.67. The number of halogens is 5. The van der Waals surface area contributed by atoms with E-state index in [9.17, 15) is 4.79 Å². The van der Waals surface area contributed by atoms with E-state index in [2.05, 4.69) is 0 Å². The maximum absolute atomic E-state index is 11.4. The van der Waals surface area contributed by atoms with Crippen molar-refractivity contribution < 1.29 is 4.79 Å². The van der Waals surface area contributed by atoms with Crippen LogP contribution in [0.5, 0.6) is 0 Å². The quantitative estimate of drug-likeness (QED) is 0.712. The van der Waals surface area contributed by atoms with Gasteiger partial charge in [-0.15, -0.1) is 23.2 Å². The molecule has 0 bridgehead atoms. The van der Waals surface area contributed by atoms with E-state index >= 15 is 0 Å². The average Bonchev–Trinajstić information content (AvgIpc) is 1.95. The summed E-state index contributed by atoms with van der Waals surface area (Å²) in [5.74, 6) is -0.895. The van der Waals surface area contributed by atoms with Crippen LogP contribution in [0, 0.1) is 5.92 Å². The van der Waals surface area contributed by atoms with Crippen LogP contribution in [0.25, 0.3) is 0 Å². The molecule has 0 fully saturated rings. The van der Waals surface area contributed by atoms with Gasteiger partial charge in [-0.1, -0.05) is 34.8 Å². The van der Waals surface area contributed by atoms with Gasteiger partial charge in [-0.3, -0.25) is 4.79 Å². The van der Waals surface area contributed by atoms with Crippen LogP contribution in [0.3, 0.4) is 0 Å². The predicted octanol–water partition coefficient (Wildman–Crippen LogP) is 4.19. The Bertz CT molecular complexity index is 203. The molecule has 1 unspecified atom stereocenters. The Kier molecular flexibility index (Phi) is 5.88. The van der Waals surface area contributed by atoms with Crippen molar-refractivity contribution in [3.63, 3.8) is 0 Å². The first-order valence-electron chi connectivity index (χ1n) is 3.92. The fraction of sp³-hybridized carbons (Fsp3) is 0.875. The van der Waals surface area contributed by atoms with E-state index in [1.54, 1.807) is 13.8 Å². The van der Waals surface area contributed by atoms with Gasteiger partial charge in [-0.2, -0.15) is 0 Å². The molecule has 0 aliphatic heterocycles. The number of hydrogen-bond acceptors (Lipinski definition) is 1. The Labute approximate surface area is 109 Å². The molecule has 0 amide bonds. The van der Waals surface area contributed by atoms with Crippen LogP contribution in [0.2, 0.25) is 0 Å². The van der Waals surface area contributed by atoms with E-state index in [0.29, 0.717) is 0 Å². The van der Waals surface area contributed by atoms with E-state index < -0.39 is 14.6 Å². The van der Waals surface area contributed by atoms with Crippen LogP contribution in [-0.2, 0) is 4.79 Å². The number of Topliss-reactive ketones (excluding diaryl/α,β-unsaturated/α-hetero) is 1. The van der Waals surface area contributed by atoms with Gasteiger partial charge in [0.2, 0.25) is 0 Å². The summed E-state index contributed by atoms with van der Waals surface area (Å²) >= 11 is 28.3. The lowest BCUT2D eigenvalue weighted by Crippen LogP contribution is -2.35. The van der Waals surface area contributed by atoms with Crippen LogP contribution in [0.1, 0.15) is 20.3 Å². The Morgan fingerprint density at radius 1 is 1.21 bits per heavy atom. The molecule has 0 aromatic heterocycles. The summed E-state index contributed by atoms with van der Waals surface area (Å²) in [4.78, 5) is 10.7. The van der Waals surface area contributed by atoms with E-state index in [1.807, 2.05) is 0 Å². The van der Waals surface area contributed by atoms with Crippen molar-refractivity contribution in [2.75, 3.05) is 5.88 Å². The second kappa shape index (κ2) is 5.45. The molecule has 14 heavy (non-hydrogen) atoms. The highest BCUT2D eigenvalue weighted by Gasteiger charge is 2.38. The molecule has 0 aromatic carbocycles. The number of alkyl halides is 5. The van der Waals surface area contributed by atoms with Crippen LogP contribution in [-0.4, -0.2) is 20.3 Å². The van der Waals surface area contributed by atoms with Gasteiger partial charge in [0.15, 0.2) is 9.58 Å². The second-order valence-corrected chi connectivity index (χ2v) is 7.29. The van der Waals surface area contributed by atoms with Crippen LogP contribution < -0.4 is 0 Å². The molecule has 0 aliphatic carbocycles. The number of ketones is 1. The van der Waals surface area contributed by atoms with Crippen molar-refractivity contribution >= 4 is 63.8 Å². The standard InChI is InChI=1S/C8H11Cl5O/c1-7(2,10)5(6(14)4-9)3-8(11,12)13/h5H,3-4H2,1-2H3. The zero-order valence-electron chi connectivity index (χ0n) is 7.79. The molecule has 0 aliphatic rings. The van der Waals surface area contributed by atoms with E-state index in [0.717, 1.165) is 0 Å². The molecule has 0 radical (unpaired) electrons. The fourth-order valence-corrected chi connectivity index (χ4v) is 1.91. The van der Waals surface area contributed by atoms with Gasteiger partial charge >= 0.3 is 0 Å².